The van der Waals surface area contributed by atoms with Gasteiger partial charge in [0.1, 0.15) is 5.75 Å². The van der Waals surface area contributed by atoms with Gasteiger partial charge in [-0.3, -0.25) is 0 Å². The summed E-state index contributed by atoms with van der Waals surface area (Å²) >= 11 is 11.6. The minimum absolute atomic E-state index is 0.0826. The Bertz CT molecular complexity index is 905. The molecule has 3 aromatic rings. The number of halogens is 1. The Morgan fingerprint density at radius 2 is 2.00 bits per heavy atom. The maximum absolute atomic E-state index is 6.29. The van der Waals surface area contributed by atoms with Gasteiger partial charge in [-0.2, -0.15) is 5.10 Å². The van der Waals surface area contributed by atoms with Gasteiger partial charge in [-0.15, -0.1) is 0 Å². The van der Waals surface area contributed by atoms with Crippen molar-refractivity contribution in [2.24, 2.45) is 0 Å². The molecule has 0 bridgehead atoms. The van der Waals surface area contributed by atoms with Crippen LogP contribution in [-0.4, -0.2) is 21.0 Å². The van der Waals surface area contributed by atoms with E-state index in [1.54, 1.807) is 4.68 Å². The summed E-state index contributed by atoms with van der Waals surface area (Å²) in [5.41, 5.74) is 5.27. The zero-order chi connectivity index (χ0) is 17.8. The number of aromatic amines is 1. The number of hydrogen-bond acceptors (Lipinski definition) is 4. The molecule has 1 heterocycles. The standard InChI is InChI=1S/C18H19ClN4OS/c1-12(2)24-16-9-8-13(10-15(16)19)11-20-23-17(21-22-18(23)25)14-6-4-3-5-7-14/h3-10,12,20H,11H2,1-2H3,(H,22,25). The summed E-state index contributed by atoms with van der Waals surface area (Å²) in [4.78, 5) is 0. The molecule has 2 aromatic carbocycles. The fourth-order valence-corrected chi connectivity index (χ4v) is 2.84. The van der Waals surface area contributed by atoms with Crippen LogP contribution in [0.2, 0.25) is 5.02 Å². The largest absolute Gasteiger partial charge is 0.489 e. The third-order valence-electron chi connectivity index (χ3n) is 3.50. The van der Waals surface area contributed by atoms with Crippen molar-refractivity contribution in [1.82, 2.24) is 14.9 Å². The second kappa shape index (κ2) is 7.72. The van der Waals surface area contributed by atoms with Gasteiger partial charge in [-0.25, -0.2) is 9.77 Å². The van der Waals surface area contributed by atoms with Crippen molar-refractivity contribution in [3.63, 3.8) is 0 Å². The first-order valence-electron chi connectivity index (χ1n) is 7.96. The molecule has 0 saturated heterocycles. The van der Waals surface area contributed by atoms with E-state index in [0.717, 1.165) is 17.0 Å². The van der Waals surface area contributed by atoms with E-state index in [4.69, 9.17) is 28.6 Å². The molecule has 0 spiro atoms. The van der Waals surface area contributed by atoms with Crippen molar-refractivity contribution in [3.8, 4) is 17.1 Å². The molecule has 7 heteroatoms. The van der Waals surface area contributed by atoms with Crippen LogP contribution in [0.5, 0.6) is 5.75 Å². The van der Waals surface area contributed by atoms with Crippen molar-refractivity contribution in [2.75, 3.05) is 5.43 Å². The molecule has 0 aliphatic heterocycles. The second-order valence-corrected chi connectivity index (χ2v) is 6.61. The van der Waals surface area contributed by atoms with Crippen molar-refractivity contribution in [2.45, 2.75) is 26.5 Å². The Morgan fingerprint density at radius 1 is 1.24 bits per heavy atom. The van der Waals surface area contributed by atoms with E-state index in [1.807, 2.05) is 62.4 Å². The minimum atomic E-state index is 0.0826. The lowest BCUT2D eigenvalue weighted by molar-refractivity contribution is 0.242. The van der Waals surface area contributed by atoms with E-state index in [1.165, 1.54) is 0 Å². The molecule has 0 aliphatic rings. The van der Waals surface area contributed by atoms with Gasteiger partial charge >= 0.3 is 0 Å². The number of H-pyrrole nitrogens is 1. The van der Waals surface area contributed by atoms with Gasteiger partial charge < -0.3 is 10.2 Å². The van der Waals surface area contributed by atoms with Crippen LogP contribution < -0.4 is 10.2 Å². The molecule has 0 radical (unpaired) electrons. The maximum atomic E-state index is 6.29. The highest BCUT2D eigenvalue weighted by Gasteiger charge is 2.09. The first-order valence-corrected chi connectivity index (χ1v) is 8.75. The fraction of sp³-hybridized carbons (Fsp3) is 0.222. The predicted molar refractivity (Wildman–Crippen MR) is 103 cm³/mol. The topological polar surface area (TPSA) is 54.9 Å². The Kier molecular flexibility index (Phi) is 5.40. The van der Waals surface area contributed by atoms with Crippen LogP contribution in [0.25, 0.3) is 11.4 Å². The lowest BCUT2D eigenvalue weighted by Crippen LogP contribution is -2.16. The molecule has 0 atom stereocenters. The predicted octanol–water partition coefficient (Wildman–Crippen LogP) is 4.79. The Morgan fingerprint density at radius 3 is 2.68 bits per heavy atom. The molecular weight excluding hydrogens is 356 g/mol. The smallest absolute Gasteiger partial charge is 0.214 e. The Labute approximate surface area is 156 Å². The van der Waals surface area contributed by atoms with Crippen molar-refractivity contribution >= 4 is 23.8 Å². The molecule has 25 heavy (non-hydrogen) atoms. The Hall–Kier alpha value is -2.31. The number of ether oxygens (including phenoxy) is 1. The van der Waals surface area contributed by atoms with Gasteiger partial charge in [0, 0.05) is 5.56 Å². The number of nitrogens with one attached hydrogen (secondary N) is 2. The average molecular weight is 375 g/mol. The van der Waals surface area contributed by atoms with E-state index in [2.05, 4.69) is 15.6 Å². The average Bonchev–Trinajstić information content (AvgIpc) is 2.96. The molecule has 0 aliphatic carbocycles. The number of hydrogen-bond donors (Lipinski definition) is 2. The summed E-state index contributed by atoms with van der Waals surface area (Å²) in [6.45, 7) is 4.49. The van der Waals surface area contributed by atoms with Crippen LogP contribution >= 0.6 is 23.8 Å². The van der Waals surface area contributed by atoms with E-state index < -0.39 is 0 Å². The highest BCUT2D eigenvalue weighted by molar-refractivity contribution is 7.71. The number of nitrogens with zero attached hydrogens (tertiary/aromatic N) is 2. The third kappa shape index (κ3) is 4.21. The second-order valence-electron chi connectivity index (χ2n) is 5.82. The summed E-state index contributed by atoms with van der Waals surface area (Å²) in [7, 11) is 0. The lowest BCUT2D eigenvalue weighted by atomic mass is 10.2. The third-order valence-corrected chi connectivity index (χ3v) is 4.07. The first-order chi connectivity index (χ1) is 12.0. The maximum Gasteiger partial charge on any atom is 0.214 e. The van der Waals surface area contributed by atoms with Crippen LogP contribution in [0.1, 0.15) is 19.4 Å². The van der Waals surface area contributed by atoms with Gasteiger partial charge in [0.25, 0.3) is 0 Å². The molecule has 2 N–H and O–H groups in total. The molecule has 1 aromatic heterocycles. The van der Waals surface area contributed by atoms with Crippen LogP contribution in [-0.2, 0) is 6.54 Å². The summed E-state index contributed by atoms with van der Waals surface area (Å²) < 4.78 is 7.92. The van der Waals surface area contributed by atoms with Crippen molar-refractivity contribution in [3.05, 3.63) is 63.9 Å². The number of aromatic nitrogens is 3. The summed E-state index contributed by atoms with van der Waals surface area (Å²) in [6, 6.07) is 15.6. The van der Waals surface area contributed by atoms with E-state index in [0.29, 0.717) is 22.1 Å². The molecule has 130 valence electrons. The van der Waals surface area contributed by atoms with Gasteiger partial charge in [0.05, 0.1) is 17.7 Å². The summed E-state index contributed by atoms with van der Waals surface area (Å²) in [5.74, 6) is 1.42. The molecule has 0 saturated carbocycles. The van der Waals surface area contributed by atoms with Gasteiger partial charge in [0.2, 0.25) is 4.77 Å². The molecular formula is C18H19ClN4OS. The quantitative estimate of drug-likeness (QED) is 0.609. The van der Waals surface area contributed by atoms with E-state index >= 15 is 0 Å². The molecule has 0 amide bonds. The monoisotopic (exact) mass is 374 g/mol. The minimum Gasteiger partial charge on any atom is -0.489 e. The van der Waals surface area contributed by atoms with E-state index in [9.17, 15) is 0 Å². The zero-order valence-electron chi connectivity index (χ0n) is 14.0. The first kappa shape index (κ1) is 17.5. The van der Waals surface area contributed by atoms with Crippen molar-refractivity contribution in [1.29, 1.82) is 0 Å². The highest BCUT2D eigenvalue weighted by Crippen LogP contribution is 2.26. The van der Waals surface area contributed by atoms with Crippen molar-refractivity contribution < 1.29 is 4.74 Å². The summed E-state index contributed by atoms with van der Waals surface area (Å²) in [6.07, 6.45) is 0.0826. The number of rotatable bonds is 6. The van der Waals surface area contributed by atoms with Crippen LogP contribution in [0.3, 0.4) is 0 Å². The zero-order valence-corrected chi connectivity index (χ0v) is 15.6. The molecule has 0 fully saturated rings. The fourth-order valence-electron chi connectivity index (χ4n) is 2.40. The van der Waals surface area contributed by atoms with Crippen LogP contribution in [0.4, 0.5) is 0 Å². The molecule has 3 rings (SSSR count). The number of benzene rings is 2. The van der Waals surface area contributed by atoms with Crippen LogP contribution in [0, 0.1) is 4.77 Å². The molecule has 0 unspecified atom stereocenters. The Balaban J connectivity index is 1.78. The highest BCUT2D eigenvalue weighted by atomic mass is 35.5. The van der Waals surface area contributed by atoms with Gasteiger partial charge in [0.15, 0.2) is 5.82 Å². The lowest BCUT2D eigenvalue weighted by Gasteiger charge is -2.13. The SMILES string of the molecule is CC(C)Oc1ccc(CNn2c(-c3ccccc3)n[nH]c2=S)cc1Cl. The van der Waals surface area contributed by atoms with Gasteiger partial charge in [-0.1, -0.05) is 48.0 Å². The van der Waals surface area contributed by atoms with E-state index in [-0.39, 0.29) is 6.10 Å². The van der Waals surface area contributed by atoms with Gasteiger partial charge in [-0.05, 0) is 43.8 Å². The molecule has 5 nitrogen and oxygen atoms in total. The summed E-state index contributed by atoms with van der Waals surface area (Å²) in [5, 5.41) is 7.71. The normalized spacial score (nSPS) is 10.9. The van der Waals surface area contributed by atoms with Crippen LogP contribution in [0.15, 0.2) is 48.5 Å².